The lowest BCUT2D eigenvalue weighted by atomic mass is 10.1. The number of hydrogen-bond acceptors (Lipinski definition) is 5. The van der Waals surface area contributed by atoms with Crippen molar-refractivity contribution in [2.24, 2.45) is 0 Å². The molecule has 5 heteroatoms. The van der Waals surface area contributed by atoms with E-state index in [-0.39, 0.29) is 6.10 Å². The molecule has 26 heavy (non-hydrogen) atoms. The largest absolute Gasteiger partial charge is 0.472 e. The molecule has 3 rings (SSSR count). The van der Waals surface area contributed by atoms with Gasteiger partial charge in [0.15, 0.2) is 0 Å². The van der Waals surface area contributed by atoms with Gasteiger partial charge in [0.1, 0.15) is 6.10 Å². The monoisotopic (exact) mass is 348 g/mol. The van der Waals surface area contributed by atoms with Crippen molar-refractivity contribution in [3.63, 3.8) is 0 Å². The summed E-state index contributed by atoms with van der Waals surface area (Å²) >= 11 is 0. The number of pyridine rings is 1. The highest BCUT2D eigenvalue weighted by molar-refractivity contribution is 5.73. The minimum atomic E-state index is 0.0186. The topological polar surface area (TPSA) is 51.1 Å². The van der Waals surface area contributed by atoms with Crippen molar-refractivity contribution in [1.82, 2.24) is 19.9 Å². The number of nitrogens with zero attached hydrogens (tertiary/aromatic N) is 4. The van der Waals surface area contributed by atoms with Gasteiger partial charge < -0.3 is 4.74 Å². The number of benzene rings is 1. The number of rotatable bonds is 9. The van der Waals surface area contributed by atoms with Gasteiger partial charge in [0.2, 0.25) is 5.88 Å². The first kappa shape index (κ1) is 18.0. The van der Waals surface area contributed by atoms with Crippen LogP contribution in [0.2, 0.25) is 0 Å². The van der Waals surface area contributed by atoms with E-state index in [2.05, 4.69) is 39.5 Å². The third-order valence-electron chi connectivity index (χ3n) is 4.10. The van der Waals surface area contributed by atoms with Crippen LogP contribution >= 0.6 is 0 Å². The number of fused-ring (bicyclic) bond motifs is 1. The molecule has 1 aromatic carbocycles. The van der Waals surface area contributed by atoms with E-state index in [4.69, 9.17) is 4.74 Å². The third-order valence-corrected chi connectivity index (χ3v) is 4.10. The molecule has 2 aromatic heterocycles. The molecule has 2 heterocycles. The minimum Gasteiger partial charge on any atom is -0.472 e. The molecule has 0 amide bonds. The van der Waals surface area contributed by atoms with Gasteiger partial charge in [-0.15, -0.1) is 6.58 Å². The lowest BCUT2D eigenvalue weighted by Gasteiger charge is -2.24. The highest BCUT2D eigenvalue weighted by Crippen LogP contribution is 2.16. The summed E-state index contributed by atoms with van der Waals surface area (Å²) in [5.41, 5.74) is 2.90. The molecule has 134 valence electrons. The van der Waals surface area contributed by atoms with E-state index in [0.717, 1.165) is 37.0 Å². The van der Waals surface area contributed by atoms with Gasteiger partial charge in [-0.2, -0.15) is 0 Å². The summed E-state index contributed by atoms with van der Waals surface area (Å²) in [7, 11) is 2.09. The Hall–Kier alpha value is -2.79. The molecule has 0 unspecified atom stereocenters. The van der Waals surface area contributed by atoms with Crippen LogP contribution < -0.4 is 4.74 Å². The number of allylic oxidation sites excluding steroid dienone is 1. The second-order valence-corrected chi connectivity index (χ2v) is 6.36. The summed E-state index contributed by atoms with van der Waals surface area (Å²) in [5.74, 6) is 0.563. The average Bonchev–Trinajstić information content (AvgIpc) is 2.66. The Morgan fingerprint density at radius 2 is 2.00 bits per heavy atom. The average molecular weight is 348 g/mol. The minimum absolute atomic E-state index is 0.0186. The highest BCUT2D eigenvalue weighted by Gasteiger charge is 2.15. The Kier molecular flexibility index (Phi) is 6.28. The fourth-order valence-electron chi connectivity index (χ4n) is 2.87. The zero-order valence-electron chi connectivity index (χ0n) is 15.1. The van der Waals surface area contributed by atoms with Crippen LogP contribution in [0.15, 0.2) is 67.6 Å². The van der Waals surface area contributed by atoms with Crippen LogP contribution in [0.5, 0.6) is 5.88 Å². The van der Waals surface area contributed by atoms with Crippen LogP contribution in [0.4, 0.5) is 0 Å². The quantitative estimate of drug-likeness (QED) is 0.550. The standard InChI is InChI=1S/C21H24N4O/c1-3-4-9-18(16-25(2)15-17-8-7-12-22-13-17)26-21-14-23-19-10-5-6-11-20(19)24-21/h3,5-8,10-14,18H,1,4,9,15-16H2,2H3/t18-/m1/s1. The van der Waals surface area contributed by atoms with E-state index in [0.29, 0.717) is 5.88 Å². The molecule has 0 aliphatic rings. The van der Waals surface area contributed by atoms with Gasteiger partial charge in [0, 0.05) is 25.5 Å². The summed E-state index contributed by atoms with van der Waals surface area (Å²) in [6.45, 7) is 5.44. The second-order valence-electron chi connectivity index (χ2n) is 6.36. The molecule has 0 aliphatic heterocycles. The summed E-state index contributed by atoms with van der Waals surface area (Å²) < 4.78 is 6.15. The van der Waals surface area contributed by atoms with Gasteiger partial charge >= 0.3 is 0 Å². The van der Waals surface area contributed by atoms with E-state index in [9.17, 15) is 0 Å². The van der Waals surface area contributed by atoms with Crippen LogP contribution in [-0.2, 0) is 6.54 Å². The van der Waals surface area contributed by atoms with E-state index >= 15 is 0 Å². The normalized spacial score (nSPS) is 12.2. The van der Waals surface area contributed by atoms with E-state index in [1.807, 2.05) is 42.6 Å². The van der Waals surface area contributed by atoms with Crippen molar-refractivity contribution >= 4 is 11.0 Å². The number of ether oxygens (including phenoxy) is 1. The van der Waals surface area contributed by atoms with E-state index < -0.39 is 0 Å². The summed E-state index contributed by atoms with van der Waals surface area (Å²) in [5, 5.41) is 0. The summed E-state index contributed by atoms with van der Waals surface area (Å²) in [6, 6.07) is 11.8. The second kappa shape index (κ2) is 9.06. The van der Waals surface area contributed by atoms with Crippen LogP contribution in [-0.4, -0.2) is 39.5 Å². The maximum absolute atomic E-state index is 6.15. The fraction of sp³-hybridized carbons (Fsp3) is 0.286. The first-order valence-electron chi connectivity index (χ1n) is 8.81. The molecule has 0 saturated heterocycles. The maximum atomic E-state index is 6.15. The van der Waals surface area contributed by atoms with Crippen molar-refractivity contribution in [3.8, 4) is 5.88 Å². The third kappa shape index (κ3) is 5.10. The maximum Gasteiger partial charge on any atom is 0.233 e. The molecule has 0 spiro atoms. The zero-order chi connectivity index (χ0) is 18.2. The predicted octanol–water partition coefficient (Wildman–Crippen LogP) is 3.87. The number of aromatic nitrogens is 3. The van der Waals surface area contributed by atoms with Crippen LogP contribution in [0.25, 0.3) is 11.0 Å². The summed E-state index contributed by atoms with van der Waals surface area (Å²) in [6.07, 6.45) is 9.10. The molecule has 5 nitrogen and oxygen atoms in total. The lowest BCUT2D eigenvalue weighted by Crippen LogP contribution is -2.33. The number of para-hydroxylation sites is 2. The molecular weight excluding hydrogens is 324 g/mol. The van der Waals surface area contributed by atoms with Gasteiger partial charge in [-0.25, -0.2) is 9.97 Å². The highest BCUT2D eigenvalue weighted by atomic mass is 16.5. The number of hydrogen-bond donors (Lipinski definition) is 0. The molecule has 0 N–H and O–H groups in total. The smallest absolute Gasteiger partial charge is 0.233 e. The molecule has 1 atom stereocenters. The molecular formula is C21H24N4O. The van der Waals surface area contributed by atoms with Gasteiger partial charge in [-0.05, 0) is 43.7 Å². The van der Waals surface area contributed by atoms with Crippen molar-refractivity contribution in [1.29, 1.82) is 0 Å². The molecule has 0 bridgehead atoms. The van der Waals surface area contributed by atoms with Crippen molar-refractivity contribution in [3.05, 3.63) is 73.2 Å². The Morgan fingerprint density at radius 3 is 2.77 bits per heavy atom. The van der Waals surface area contributed by atoms with Crippen LogP contribution in [0.3, 0.4) is 0 Å². The van der Waals surface area contributed by atoms with Crippen LogP contribution in [0.1, 0.15) is 18.4 Å². The SMILES string of the molecule is C=CCC[C@H](CN(C)Cc1cccnc1)Oc1cnc2ccccc2n1. The van der Waals surface area contributed by atoms with E-state index in [1.165, 1.54) is 5.56 Å². The first-order valence-corrected chi connectivity index (χ1v) is 8.81. The van der Waals surface area contributed by atoms with Crippen LogP contribution in [0, 0.1) is 0 Å². The predicted molar refractivity (Wildman–Crippen MR) is 104 cm³/mol. The van der Waals surface area contributed by atoms with Gasteiger partial charge in [0.05, 0.1) is 17.2 Å². The van der Waals surface area contributed by atoms with Gasteiger partial charge in [-0.1, -0.05) is 24.3 Å². The molecule has 0 saturated carbocycles. The Labute approximate surface area is 154 Å². The lowest BCUT2D eigenvalue weighted by molar-refractivity contribution is 0.132. The fourth-order valence-corrected chi connectivity index (χ4v) is 2.87. The molecule has 3 aromatic rings. The Balaban J connectivity index is 1.67. The molecule has 0 radical (unpaired) electrons. The number of likely N-dealkylation sites (N-methyl/N-ethyl adjacent to an activating group) is 1. The molecule has 0 aliphatic carbocycles. The first-order chi connectivity index (χ1) is 12.7. The van der Waals surface area contributed by atoms with E-state index in [1.54, 1.807) is 12.4 Å². The Bertz CT molecular complexity index is 838. The zero-order valence-corrected chi connectivity index (χ0v) is 15.1. The Morgan fingerprint density at radius 1 is 1.15 bits per heavy atom. The molecule has 0 fully saturated rings. The summed E-state index contributed by atoms with van der Waals surface area (Å²) in [4.78, 5) is 15.4. The van der Waals surface area contributed by atoms with Crippen molar-refractivity contribution in [2.75, 3.05) is 13.6 Å². The van der Waals surface area contributed by atoms with Gasteiger partial charge in [0.25, 0.3) is 0 Å². The van der Waals surface area contributed by atoms with Crippen molar-refractivity contribution < 1.29 is 4.74 Å². The van der Waals surface area contributed by atoms with Crippen molar-refractivity contribution in [2.45, 2.75) is 25.5 Å². The van der Waals surface area contributed by atoms with Gasteiger partial charge in [-0.3, -0.25) is 9.88 Å².